The van der Waals surface area contributed by atoms with Crippen LogP contribution in [-0.4, -0.2) is 54.1 Å². The monoisotopic (exact) mass is 398 g/mol. The molecule has 1 aromatic rings. The van der Waals surface area contributed by atoms with Crippen LogP contribution in [0.4, 0.5) is 0 Å². The standard InChI is InChI=1S/C25H38N2O2/c1-2-17-29-24(28)14-6-13-23-22-12-8-16-26-15-7-11-21(25(22)26)19-27(23)18-20-9-4-3-5-10-20/h3-5,9-10,21-23,25H,2,6-8,11-19H2,1H3/t21-,22+,23?,25-/m0/s1. The van der Waals surface area contributed by atoms with Crippen LogP contribution >= 0.6 is 0 Å². The van der Waals surface area contributed by atoms with E-state index < -0.39 is 0 Å². The number of hydrogen-bond donors (Lipinski definition) is 0. The van der Waals surface area contributed by atoms with Crippen LogP contribution in [0.5, 0.6) is 0 Å². The first-order valence-corrected chi connectivity index (χ1v) is 11.9. The normalized spacial score (nSPS) is 30.0. The largest absolute Gasteiger partial charge is 0.466 e. The van der Waals surface area contributed by atoms with Gasteiger partial charge in [0.25, 0.3) is 0 Å². The molecule has 3 heterocycles. The summed E-state index contributed by atoms with van der Waals surface area (Å²) in [7, 11) is 0. The molecule has 4 atom stereocenters. The van der Waals surface area contributed by atoms with Crippen LogP contribution in [0.25, 0.3) is 0 Å². The van der Waals surface area contributed by atoms with Gasteiger partial charge in [0.15, 0.2) is 0 Å². The Balaban J connectivity index is 1.46. The summed E-state index contributed by atoms with van der Waals surface area (Å²) in [5.41, 5.74) is 1.42. The lowest BCUT2D eigenvalue weighted by Gasteiger charge is -2.57. The van der Waals surface area contributed by atoms with E-state index in [-0.39, 0.29) is 5.97 Å². The lowest BCUT2D eigenvalue weighted by molar-refractivity contribution is -0.144. The third kappa shape index (κ3) is 5.03. The van der Waals surface area contributed by atoms with E-state index in [1.165, 1.54) is 50.9 Å². The van der Waals surface area contributed by atoms with Crippen molar-refractivity contribution in [2.45, 2.75) is 76.9 Å². The van der Waals surface area contributed by atoms with Gasteiger partial charge in [0.1, 0.15) is 0 Å². The SMILES string of the molecule is CCCOC(=O)CCCC1[C@H]2CCCN3CCC[C@@H](CN1Cc1ccccc1)[C@@H]23. The quantitative estimate of drug-likeness (QED) is 0.604. The third-order valence-electron chi connectivity index (χ3n) is 7.36. The summed E-state index contributed by atoms with van der Waals surface area (Å²) in [4.78, 5) is 17.6. The van der Waals surface area contributed by atoms with E-state index in [2.05, 4.69) is 40.1 Å². The molecule has 0 saturated carbocycles. The smallest absolute Gasteiger partial charge is 0.305 e. The van der Waals surface area contributed by atoms with Crippen LogP contribution < -0.4 is 0 Å². The number of hydrogen-bond acceptors (Lipinski definition) is 4. The van der Waals surface area contributed by atoms with E-state index in [1.54, 1.807) is 0 Å². The number of benzene rings is 1. The predicted octanol–water partition coefficient (Wildman–Crippen LogP) is 4.48. The molecule has 1 unspecified atom stereocenters. The van der Waals surface area contributed by atoms with Crippen molar-refractivity contribution >= 4 is 5.97 Å². The minimum Gasteiger partial charge on any atom is -0.466 e. The van der Waals surface area contributed by atoms with Crippen molar-refractivity contribution in [1.29, 1.82) is 0 Å². The van der Waals surface area contributed by atoms with Crippen LogP contribution in [-0.2, 0) is 16.1 Å². The van der Waals surface area contributed by atoms with Gasteiger partial charge in [-0.3, -0.25) is 14.6 Å². The van der Waals surface area contributed by atoms with Gasteiger partial charge in [-0.15, -0.1) is 0 Å². The van der Waals surface area contributed by atoms with E-state index in [0.717, 1.165) is 43.7 Å². The molecule has 4 heteroatoms. The Labute approximate surface area is 176 Å². The van der Waals surface area contributed by atoms with Gasteiger partial charge >= 0.3 is 5.97 Å². The molecule has 0 amide bonds. The van der Waals surface area contributed by atoms with E-state index in [4.69, 9.17) is 4.74 Å². The number of carbonyl (C=O) groups is 1. The number of likely N-dealkylation sites (tertiary alicyclic amines) is 1. The molecule has 0 bridgehead atoms. The van der Waals surface area contributed by atoms with Crippen molar-refractivity contribution in [3.8, 4) is 0 Å². The summed E-state index contributed by atoms with van der Waals surface area (Å²) >= 11 is 0. The summed E-state index contributed by atoms with van der Waals surface area (Å²) in [6.45, 7) is 7.47. The molecular formula is C25H38N2O2. The molecule has 0 aromatic heterocycles. The number of rotatable bonds is 8. The fourth-order valence-corrected chi connectivity index (χ4v) is 6.22. The molecule has 3 aliphatic heterocycles. The molecular weight excluding hydrogens is 360 g/mol. The molecule has 3 fully saturated rings. The van der Waals surface area contributed by atoms with Crippen LogP contribution in [0, 0.1) is 11.8 Å². The maximum absolute atomic E-state index is 12.0. The first kappa shape index (κ1) is 20.9. The van der Waals surface area contributed by atoms with Gasteiger partial charge in [-0.1, -0.05) is 37.3 Å². The molecule has 29 heavy (non-hydrogen) atoms. The molecule has 4 rings (SSSR count). The van der Waals surface area contributed by atoms with Gasteiger partial charge in [0, 0.05) is 31.6 Å². The highest BCUT2D eigenvalue weighted by Gasteiger charge is 2.48. The average Bonchev–Trinajstić information content (AvgIpc) is 2.75. The molecule has 160 valence electrons. The highest BCUT2D eigenvalue weighted by Crippen LogP contribution is 2.43. The Morgan fingerprint density at radius 2 is 1.93 bits per heavy atom. The molecule has 1 aromatic carbocycles. The Morgan fingerprint density at radius 1 is 1.14 bits per heavy atom. The average molecular weight is 399 g/mol. The molecule has 0 radical (unpaired) electrons. The van der Waals surface area contributed by atoms with Crippen LogP contribution in [0.3, 0.4) is 0 Å². The maximum atomic E-state index is 12.0. The second kappa shape index (κ2) is 10.1. The van der Waals surface area contributed by atoms with Crippen molar-refractivity contribution in [2.75, 3.05) is 26.2 Å². The number of carbonyl (C=O) groups excluding carboxylic acids is 1. The lowest BCUT2D eigenvalue weighted by atomic mass is 9.69. The highest BCUT2D eigenvalue weighted by molar-refractivity contribution is 5.69. The zero-order valence-electron chi connectivity index (χ0n) is 18.1. The topological polar surface area (TPSA) is 32.8 Å². The molecule has 4 nitrogen and oxygen atoms in total. The number of piperidine rings is 3. The highest BCUT2D eigenvalue weighted by atomic mass is 16.5. The number of nitrogens with zero attached hydrogens (tertiary/aromatic N) is 2. The zero-order valence-corrected chi connectivity index (χ0v) is 18.1. The maximum Gasteiger partial charge on any atom is 0.305 e. The van der Waals surface area contributed by atoms with Crippen molar-refractivity contribution in [3.63, 3.8) is 0 Å². The molecule has 0 aliphatic carbocycles. The Hall–Kier alpha value is -1.39. The molecule has 0 spiro atoms. The van der Waals surface area contributed by atoms with Gasteiger partial charge in [0.05, 0.1) is 6.61 Å². The van der Waals surface area contributed by atoms with Crippen molar-refractivity contribution < 1.29 is 9.53 Å². The number of esters is 1. The Kier molecular flexibility index (Phi) is 7.25. The third-order valence-corrected chi connectivity index (χ3v) is 7.36. The van der Waals surface area contributed by atoms with Crippen LogP contribution in [0.15, 0.2) is 30.3 Å². The van der Waals surface area contributed by atoms with E-state index >= 15 is 0 Å². The number of ether oxygens (including phenoxy) is 1. The van der Waals surface area contributed by atoms with Gasteiger partial charge in [-0.05, 0) is 75.4 Å². The summed E-state index contributed by atoms with van der Waals surface area (Å²) in [6.07, 6.45) is 8.98. The summed E-state index contributed by atoms with van der Waals surface area (Å²) in [5.74, 6) is 1.57. The van der Waals surface area contributed by atoms with Crippen molar-refractivity contribution in [2.24, 2.45) is 11.8 Å². The van der Waals surface area contributed by atoms with Crippen molar-refractivity contribution in [1.82, 2.24) is 9.80 Å². The van der Waals surface area contributed by atoms with Crippen LogP contribution in [0.2, 0.25) is 0 Å². The molecule has 0 N–H and O–H groups in total. The van der Waals surface area contributed by atoms with Gasteiger partial charge in [-0.2, -0.15) is 0 Å². The predicted molar refractivity (Wildman–Crippen MR) is 117 cm³/mol. The molecule has 3 saturated heterocycles. The zero-order chi connectivity index (χ0) is 20.1. The minimum atomic E-state index is -0.0157. The first-order chi connectivity index (χ1) is 14.3. The van der Waals surface area contributed by atoms with Gasteiger partial charge in [0.2, 0.25) is 0 Å². The fraction of sp³-hybridized carbons (Fsp3) is 0.720. The van der Waals surface area contributed by atoms with E-state index in [0.29, 0.717) is 19.1 Å². The summed E-state index contributed by atoms with van der Waals surface area (Å²) in [6, 6.07) is 12.3. The molecule has 3 aliphatic rings. The van der Waals surface area contributed by atoms with E-state index in [9.17, 15) is 4.79 Å². The van der Waals surface area contributed by atoms with Gasteiger partial charge in [-0.25, -0.2) is 0 Å². The summed E-state index contributed by atoms with van der Waals surface area (Å²) < 4.78 is 5.31. The van der Waals surface area contributed by atoms with Crippen molar-refractivity contribution in [3.05, 3.63) is 35.9 Å². The Morgan fingerprint density at radius 3 is 2.72 bits per heavy atom. The van der Waals surface area contributed by atoms with E-state index in [1.807, 2.05) is 6.92 Å². The minimum absolute atomic E-state index is 0.0157. The fourth-order valence-electron chi connectivity index (χ4n) is 6.22. The lowest BCUT2D eigenvalue weighted by Crippen LogP contribution is -2.64. The second-order valence-corrected chi connectivity index (χ2v) is 9.33. The second-order valence-electron chi connectivity index (χ2n) is 9.33. The summed E-state index contributed by atoms with van der Waals surface area (Å²) in [5, 5.41) is 0. The van der Waals surface area contributed by atoms with Gasteiger partial charge < -0.3 is 4.74 Å². The Bertz CT molecular complexity index is 647. The van der Waals surface area contributed by atoms with Crippen LogP contribution in [0.1, 0.15) is 63.9 Å². The first-order valence-electron chi connectivity index (χ1n) is 11.9.